The zero-order valence-electron chi connectivity index (χ0n) is 16.3. The normalized spacial score (nSPS) is 15.8. The van der Waals surface area contributed by atoms with Crippen LogP contribution in [-0.4, -0.2) is 33.2 Å². The van der Waals surface area contributed by atoms with Gasteiger partial charge in [-0.15, -0.1) is 0 Å². The molecule has 0 aliphatic heterocycles. The van der Waals surface area contributed by atoms with Gasteiger partial charge in [-0.2, -0.15) is 0 Å². The van der Waals surface area contributed by atoms with E-state index in [4.69, 9.17) is 11.6 Å². The van der Waals surface area contributed by atoms with Gasteiger partial charge in [0.2, 0.25) is 15.9 Å². The van der Waals surface area contributed by atoms with E-state index in [0.717, 1.165) is 31.1 Å². The number of anilines is 1. The number of halogens is 1. The van der Waals surface area contributed by atoms with Crippen LogP contribution in [0, 0.1) is 6.92 Å². The fourth-order valence-electron chi connectivity index (χ4n) is 3.45. The molecule has 2 rings (SSSR count). The number of hydrogen-bond donors (Lipinski definition) is 1. The molecule has 0 bridgehead atoms. The average Bonchev–Trinajstić information content (AvgIpc) is 2.61. The molecule has 0 unspecified atom stereocenters. The molecule has 0 saturated heterocycles. The topological polar surface area (TPSA) is 66.5 Å². The van der Waals surface area contributed by atoms with E-state index in [1.807, 2.05) is 13.8 Å². The minimum absolute atomic E-state index is 0.279. The van der Waals surface area contributed by atoms with Crippen molar-refractivity contribution in [1.29, 1.82) is 0 Å². The molecule has 150 valence electrons. The number of nitrogens with one attached hydrogen (secondary N) is 1. The largest absolute Gasteiger partial charge is 0.354 e. The minimum atomic E-state index is -3.66. The van der Waals surface area contributed by atoms with Gasteiger partial charge in [0.05, 0.1) is 11.9 Å². The third kappa shape index (κ3) is 5.98. The number of rotatable bonds is 8. The lowest BCUT2D eigenvalue weighted by molar-refractivity contribution is -0.122. The van der Waals surface area contributed by atoms with Crippen LogP contribution in [0.4, 0.5) is 5.69 Å². The molecule has 1 amide bonds. The van der Waals surface area contributed by atoms with Crippen LogP contribution in [0.15, 0.2) is 29.8 Å². The highest BCUT2D eigenvalue weighted by Crippen LogP contribution is 2.29. The number of carbonyl (C=O) groups excluding carboxylic acids is 1. The summed E-state index contributed by atoms with van der Waals surface area (Å²) in [5.41, 5.74) is 2.57. The molecule has 1 atom stereocenters. The van der Waals surface area contributed by atoms with Crippen molar-refractivity contribution < 1.29 is 13.2 Å². The Balaban J connectivity index is 2.18. The molecule has 0 aromatic heterocycles. The van der Waals surface area contributed by atoms with Crippen LogP contribution in [0.5, 0.6) is 0 Å². The summed E-state index contributed by atoms with van der Waals surface area (Å²) in [6.45, 7) is 4.14. The van der Waals surface area contributed by atoms with Crippen molar-refractivity contribution in [2.24, 2.45) is 0 Å². The number of aryl methyl sites for hydroxylation is 1. The second kappa shape index (κ2) is 9.60. The van der Waals surface area contributed by atoms with Gasteiger partial charge in [0.1, 0.15) is 6.04 Å². The van der Waals surface area contributed by atoms with Crippen molar-refractivity contribution in [3.05, 3.63) is 40.4 Å². The Hall–Kier alpha value is -1.53. The van der Waals surface area contributed by atoms with Gasteiger partial charge in [0.15, 0.2) is 0 Å². The highest BCUT2D eigenvalue weighted by Gasteiger charge is 2.32. The maximum Gasteiger partial charge on any atom is 0.243 e. The van der Waals surface area contributed by atoms with E-state index >= 15 is 0 Å². The highest BCUT2D eigenvalue weighted by molar-refractivity contribution is 7.92. The third-order valence-electron chi connectivity index (χ3n) is 4.87. The molecule has 1 aromatic rings. The number of sulfonamides is 1. The zero-order chi connectivity index (χ0) is 20.0. The summed E-state index contributed by atoms with van der Waals surface area (Å²) in [5, 5.41) is 3.35. The summed E-state index contributed by atoms with van der Waals surface area (Å²) in [6.07, 6.45) is 9.19. The maximum atomic E-state index is 12.8. The SMILES string of the molecule is CC[C@@H](C(=O)NCCC1=CCCCC1)N(c1cc(Cl)ccc1C)S(C)(=O)=O. The quantitative estimate of drug-likeness (QED) is 0.650. The Morgan fingerprint density at radius 2 is 2.07 bits per heavy atom. The zero-order valence-corrected chi connectivity index (χ0v) is 17.9. The molecule has 0 spiro atoms. The summed E-state index contributed by atoms with van der Waals surface area (Å²) in [5.74, 6) is -0.279. The molecule has 0 heterocycles. The lowest BCUT2D eigenvalue weighted by Crippen LogP contribution is -2.49. The summed E-state index contributed by atoms with van der Waals surface area (Å²) in [7, 11) is -3.66. The Bertz CT molecular complexity index is 805. The Morgan fingerprint density at radius 1 is 1.33 bits per heavy atom. The molecular formula is C20H29ClN2O3S. The van der Waals surface area contributed by atoms with Gasteiger partial charge >= 0.3 is 0 Å². The molecule has 27 heavy (non-hydrogen) atoms. The fourth-order valence-corrected chi connectivity index (χ4v) is 4.88. The first-order valence-corrected chi connectivity index (χ1v) is 11.7. The average molecular weight is 413 g/mol. The van der Waals surface area contributed by atoms with Crippen LogP contribution in [0.25, 0.3) is 0 Å². The van der Waals surface area contributed by atoms with Crippen LogP contribution < -0.4 is 9.62 Å². The third-order valence-corrected chi connectivity index (χ3v) is 6.27. The van der Waals surface area contributed by atoms with Crippen molar-refractivity contribution >= 4 is 33.2 Å². The van der Waals surface area contributed by atoms with E-state index in [0.29, 0.717) is 23.7 Å². The van der Waals surface area contributed by atoms with Crippen molar-refractivity contribution in [1.82, 2.24) is 5.32 Å². The number of amides is 1. The van der Waals surface area contributed by atoms with Crippen molar-refractivity contribution in [2.45, 2.75) is 58.4 Å². The first-order chi connectivity index (χ1) is 12.7. The summed E-state index contributed by atoms with van der Waals surface area (Å²) >= 11 is 6.08. The predicted octanol–water partition coefficient (Wildman–Crippen LogP) is 4.20. The standard InChI is InChI=1S/C20H29ClN2O3S/c1-4-18(20(24)22-13-12-16-8-6-5-7-9-16)23(27(3,25)26)19-14-17(21)11-10-15(19)2/h8,10-11,14,18H,4-7,9,12-13H2,1-3H3,(H,22,24)/t18-/m0/s1. The van der Waals surface area contributed by atoms with Crippen molar-refractivity contribution in [2.75, 3.05) is 17.1 Å². The molecule has 5 nitrogen and oxygen atoms in total. The molecule has 0 saturated carbocycles. The number of hydrogen-bond acceptors (Lipinski definition) is 3. The van der Waals surface area contributed by atoms with E-state index in [1.54, 1.807) is 18.2 Å². The molecular weight excluding hydrogens is 384 g/mol. The first kappa shape index (κ1) is 21.8. The van der Waals surface area contributed by atoms with Crippen LogP contribution in [-0.2, 0) is 14.8 Å². The minimum Gasteiger partial charge on any atom is -0.354 e. The number of benzene rings is 1. The van der Waals surface area contributed by atoms with Gasteiger partial charge in [-0.1, -0.05) is 36.2 Å². The maximum absolute atomic E-state index is 12.8. The number of nitrogens with zero attached hydrogens (tertiary/aromatic N) is 1. The van der Waals surface area contributed by atoms with Gasteiger partial charge in [-0.25, -0.2) is 8.42 Å². The summed E-state index contributed by atoms with van der Waals surface area (Å²) in [4.78, 5) is 12.8. The number of carbonyl (C=O) groups is 1. The monoisotopic (exact) mass is 412 g/mol. The lowest BCUT2D eigenvalue weighted by Gasteiger charge is -2.31. The highest BCUT2D eigenvalue weighted by atomic mass is 35.5. The van der Waals surface area contributed by atoms with Crippen LogP contribution >= 0.6 is 11.6 Å². The van der Waals surface area contributed by atoms with Crippen molar-refractivity contribution in [3.63, 3.8) is 0 Å². The Labute approximate surface area is 167 Å². The summed E-state index contributed by atoms with van der Waals surface area (Å²) < 4.78 is 26.2. The number of allylic oxidation sites excluding steroid dienone is 1. The van der Waals surface area contributed by atoms with Gasteiger partial charge in [0, 0.05) is 11.6 Å². The first-order valence-electron chi connectivity index (χ1n) is 9.45. The van der Waals surface area contributed by atoms with Crippen LogP contribution in [0.1, 0.15) is 51.0 Å². The van der Waals surface area contributed by atoms with E-state index < -0.39 is 16.1 Å². The van der Waals surface area contributed by atoms with Gasteiger partial charge < -0.3 is 5.32 Å². The van der Waals surface area contributed by atoms with E-state index in [1.165, 1.54) is 22.7 Å². The second-order valence-electron chi connectivity index (χ2n) is 7.06. The smallest absolute Gasteiger partial charge is 0.243 e. The van der Waals surface area contributed by atoms with Crippen LogP contribution in [0.2, 0.25) is 5.02 Å². The van der Waals surface area contributed by atoms with Gasteiger partial charge in [0.25, 0.3) is 0 Å². The fraction of sp³-hybridized carbons (Fsp3) is 0.550. The molecule has 1 aromatic carbocycles. The van der Waals surface area contributed by atoms with Crippen LogP contribution in [0.3, 0.4) is 0 Å². The molecule has 1 N–H and O–H groups in total. The van der Waals surface area contributed by atoms with E-state index in [9.17, 15) is 13.2 Å². The molecule has 0 fully saturated rings. The molecule has 1 aliphatic rings. The Morgan fingerprint density at radius 3 is 2.67 bits per heavy atom. The molecule has 0 radical (unpaired) electrons. The van der Waals surface area contributed by atoms with Crippen molar-refractivity contribution in [3.8, 4) is 0 Å². The Kier molecular flexibility index (Phi) is 7.74. The molecule has 1 aliphatic carbocycles. The second-order valence-corrected chi connectivity index (χ2v) is 9.36. The summed E-state index contributed by atoms with van der Waals surface area (Å²) in [6, 6.07) is 4.26. The lowest BCUT2D eigenvalue weighted by atomic mass is 9.97. The molecule has 7 heteroatoms. The van der Waals surface area contributed by atoms with E-state index in [-0.39, 0.29) is 5.91 Å². The van der Waals surface area contributed by atoms with Gasteiger partial charge in [-0.3, -0.25) is 9.10 Å². The van der Waals surface area contributed by atoms with E-state index in [2.05, 4.69) is 11.4 Å². The van der Waals surface area contributed by atoms with Gasteiger partial charge in [-0.05, 0) is 63.1 Å². The predicted molar refractivity (Wildman–Crippen MR) is 112 cm³/mol.